The van der Waals surface area contributed by atoms with Gasteiger partial charge in [-0.15, -0.1) is 0 Å². The van der Waals surface area contributed by atoms with Crippen LogP contribution in [0.5, 0.6) is 0 Å². The summed E-state index contributed by atoms with van der Waals surface area (Å²) in [5.74, 6) is -0.889. The highest BCUT2D eigenvalue weighted by atomic mass is 16.4. The first kappa shape index (κ1) is 13.4. The molecule has 0 aliphatic carbocycles. The number of carboxylic acids is 1. The smallest absolute Gasteiger partial charge is 0.337 e. The molecule has 0 saturated carbocycles. The van der Waals surface area contributed by atoms with Crippen LogP contribution in [0, 0.1) is 6.92 Å². The molecule has 0 spiro atoms. The molecule has 3 nitrogen and oxygen atoms in total. The third-order valence-corrected chi connectivity index (χ3v) is 3.33. The van der Waals surface area contributed by atoms with E-state index < -0.39 is 5.97 Å². The number of hydrogen-bond acceptors (Lipinski definition) is 1. The lowest BCUT2D eigenvalue weighted by molar-refractivity contribution is 0.0696. The number of H-pyrrole nitrogens is 1. The van der Waals surface area contributed by atoms with Crippen LogP contribution in [0.2, 0.25) is 0 Å². The zero-order valence-electron chi connectivity index (χ0n) is 11.4. The third kappa shape index (κ3) is 3.05. The zero-order chi connectivity index (χ0) is 13.8. The SMILES string of the molecule is CCCCc1ccc(-c2cc(C(=O)O)c(C)[nH]2)cc1. The van der Waals surface area contributed by atoms with Gasteiger partial charge < -0.3 is 10.1 Å². The summed E-state index contributed by atoms with van der Waals surface area (Å²) in [7, 11) is 0. The Morgan fingerprint density at radius 3 is 2.47 bits per heavy atom. The van der Waals surface area contributed by atoms with E-state index in [4.69, 9.17) is 5.11 Å². The van der Waals surface area contributed by atoms with Crippen LogP contribution < -0.4 is 0 Å². The molecule has 2 rings (SSSR count). The molecule has 0 saturated heterocycles. The van der Waals surface area contributed by atoms with Gasteiger partial charge in [-0.1, -0.05) is 37.6 Å². The molecule has 1 heterocycles. The summed E-state index contributed by atoms with van der Waals surface area (Å²) in [6.07, 6.45) is 3.49. The quantitative estimate of drug-likeness (QED) is 0.849. The van der Waals surface area contributed by atoms with E-state index in [2.05, 4.69) is 24.0 Å². The minimum atomic E-state index is -0.889. The number of aromatic nitrogens is 1. The van der Waals surface area contributed by atoms with Gasteiger partial charge in [-0.2, -0.15) is 0 Å². The highest BCUT2D eigenvalue weighted by molar-refractivity contribution is 5.90. The number of nitrogens with one attached hydrogen (secondary N) is 1. The van der Waals surface area contributed by atoms with Crippen LogP contribution in [-0.2, 0) is 6.42 Å². The largest absolute Gasteiger partial charge is 0.478 e. The molecule has 0 unspecified atom stereocenters. The monoisotopic (exact) mass is 257 g/mol. The molecule has 19 heavy (non-hydrogen) atoms. The summed E-state index contributed by atoms with van der Waals surface area (Å²) in [5, 5.41) is 9.05. The average Bonchev–Trinajstić information content (AvgIpc) is 2.79. The van der Waals surface area contributed by atoms with Crippen molar-refractivity contribution in [1.82, 2.24) is 4.98 Å². The van der Waals surface area contributed by atoms with Crippen molar-refractivity contribution in [2.75, 3.05) is 0 Å². The predicted molar refractivity (Wildman–Crippen MR) is 76.5 cm³/mol. The van der Waals surface area contributed by atoms with Gasteiger partial charge in [-0.25, -0.2) is 4.79 Å². The second kappa shape index (κ2) is 5.74. The van der Waals surface area contributed by atoms with E-state index in [1.165, 1.54) is 18.4 Å². The van der Waals surface area contributed by atoms with Gasteiger partial charge in [0.05, 0.1) is 5.56 Å². The molecule has 0 bridgehead atoms. The van der Waals surface area contributed by atoms with Crippen molar-refractivity contribution >= 4 is 5.97 Å². The molecule has 0 aliphatic heterocycles. The van der Waals surface area contributed by atoms with Crippen molar-refractivity contribution < 1.29 is 9.90 Å². The van der Waals surface area contributed by atoms with E-state index >= 15 is 0 Å². The summed E-state index contributed by atoms with van der Waals surface area (Å²) in [5.41, 5.74) is 4.24. The number of aromatic carboxylic acids is 1. The van der Waals surface area contributed by atoms with Crippen molar-refractivity contribution in [3.63, 3.8) is 0 Å². The minimum Gasteiger partial charge on any atom is -0.478 e. The lowest BCUT2D eigenvalue weighted by Crippen LogP contribution is -1.95. The number of unbranched alkanes of at least 4 members (excludes halogenated alkanes) is 1. The van der Waals surface area contributed by atoms with Gasteiger partial charge in [0.25, 0.3) is 0 Å². The molecule has 100 valence electrons. The molecule has 0 radical (unpaired) electrons. The number of benzene rings is 1. The summed E-state index contributed by atoms with van der Waals surface area (Å²) in [6, 6.07) is 10.0. The van der Waals surface area contributed by atoms with Crippen molar-refractivity contribution in [2.24, 2.45) is 0 Å². The number of aryl methyl sites for hydroxylation is 2. The van der Waals surface area contributed by atoms with Crippen LogP contribution in [-0.4, -0.2) is 16.1 Å². The molecule has 1 aromatic carbocycles. The van der Waals surface area contributed by atoms with Crippen LogP contribution in [0.25, 0.3) is 11.3 Å². The number of carbonyl (C=O) groups is 1. The molecular weight excluding hydrogens is 238 g/mol. The predicted octanol–water partition coefficient (Wildman–Crippen LogP) is 4.03. The Morgan fingerprint density at radius 1 is 1.26 bits per heavy atom. The van der Waals surface area contributed by atoms with Crippen LogP contribution in [0.1, 0.15) is 41.4 Å². The molecule has 2 aromatic rings. The molecule has 2 N–H and O–H groups in total. The van der Waals surface area contributed by atoms with Crippen LogP contribution in [0.15, 0.2) is 30.3 Å². The average molecular weight is 257 g/mol. The highest BCUT2D eigenvalue weighted by Crippen LogP contribution is 2.22. The van der Waals surface area contributed by atoms with Crippen molar-refractivity contribution in [3.05, 3.63) is 47.2 Å². The highest BCUT2D eigenvalue weighted by Gasteiger charge is 2.11. The van der Waals surface area contributed by atoms with Gasteiger partial charge in [0.2, 0.25) is 0 Å². The molecule has 0 amide bonds. The normalized spacial score (nSPS) is 10.6. The number of aromatic amines is 1. The Hall–Kier alpha value is -2.03. The second-order valence-corrected chi connectivity index (χ2v) is 4.83. The second-order valence-electron chi connectivity index (χ2n) is 4.83. The van der Waals surface area contributed by atoms with Gasteiger partial charge in [0.1, 0.15) is 0 Å². The van der Waals surface area contributed by atoms with Crippen LogP contribution in [0.4, 0.5) is 0 Å². The van der Waals surface area contributed by atoms with Crippen molar-refractivity contribution in [3.8, 4) is 11.3 Å². The van der Waals surface area contributed by atoms with Crippen LogP contribution in [0.3, 0.4) is 0 Å². The number of rotatable bonds is 5. The Labute approximate surface area is 113 Å². The lowest BCUT2D eigenvalue weighted by atomic mass is 10.0. The van der Waals surface area contributed by atoms with Gasteiger partial charge in [-0.3, -0.25) is 0 Å². The fourth-order valence-corrected chi connectivity index (χ4v) is 2.17. The van der Waals surface area contributed by atoms with E-state index in [1.807, 2.05) is 12.1 Å². The Morgan fingerprint density at radius 2 is 1.95 bits per heavy atom. The Kier molecular flexibility index (Phi) is 4.05. The fourth-order valence-electron chi connectivity index (χ4n) is 2.17. The summed E-state index contributed by atoms with van der Waals surface area (Å²) in [6.45, 7) is 3.96. The summed E-state index contributed by atoms with van der Waals surface area (Å²) in [4.78, 5) is 14.1. The van der Waals surface area contributed by atoms with E-state index in [1.54, 1.807) is 13.0 Å². The number of hydrogen-bond donors (Lipinski definition) is 2. The molecular formula is C16H19NO2. The Bertz CT molecular complexity index is 567. The van der Waals surface area contributed by atoms with E-state index in [0.29, 0.717) is 11.3 Å². The van der Waals surface area contributed by atoms with Crippen LogP contribution >= 0.6 is 0 Å². The first-order chi connectivity index (χ1) is 9.11. The maximum Gasteiger partial charge on any atom is 0.337 e. The number of carboxylic acid groups (broad SMARTS) is 1. The Balaban J connectivity index is 2.22. The van der Waals surface area contributed by atoms with Gasteiger partial charge in [-0.05, 0) is 37.0 Å². The third-order valence-electron chi connectivity index (χ3n) is 3.33. The first-order valence-corrected chi connectivity index (χ1v) is 6.64. The van der Waals surface area contributed by atoms with E-state index in [0.717, 1.165) is 17.7 Å². The molecule has 0 fully saturated rings. The maximum absolute atomic E-state index is 11.0. The topological polar surface area (TPSA) is 53.1 Å². The van der Waals surface area contributed by atoms with Gasteiger partial charge in [0.15, 0.2) is 0 Å². The van der Waals surface area contributed by atoms with Crippen molar-refractivity contribution in [2.45, 2.75) is 33.1 Å². The summed E-state index contributed by atoms with van der Waals surface area (Å²) < 4.78 is 0. The van der Waals surface area contributed by atoms with Crippen molar-refractivity contribution in [1.29, 1.82) is 0 Å². The molecule has 3 heteroatoms. The van der Waals surface area contributed by atoms with Gasteiger partial charge in [0, 0.05) is 11.4 Å². The van der Waals surface area contributed by atoms with E-state index in [9.17, 15) is 4.79 Å². The minimum absolute atomic E-state index is 0.338. The summed E-state index contributed by atoms with van der Waals surface area (Å²) >= 11 is 0. The first-order valence-electron chi connectivity index (χ1n) is 6.64. The zero-order valence-corrected chi connectivity index (χ0v) is 11.4. The standard InChI is InChI=1S/C16H19NO2/c1-3-4-5-12-6-8-13(9-7-12)15-10-14(16(18)19)11(2)17-15/h6-10,17H,3-5H2,1-2H3,(H,18,19). The molecule has 0 aliphatic rings. The van der Waals surface area contributed by atoms with Gasteiger partial charge >= 0.3 is 5.97 Å². The maximum atomic E-state index is 11.0. The fraction of sp³-hybridized carbons (Fsp3) is 0.312. The van der Waals surface area contributed by atoms with E-state index in [-0.39, 0.29) is 0 Å². The lowest BCUT2D eigenvalue weighted by Gasteiger charge is -2.02. The molecule has 0 atom stereocenters. The molecule has 1 aromatic heterocycles.